The smallest absolute Gasteiger partial charge is 0.123 e. The Morgan fingerprint density at radius 3 is 1.90 bits per heavy atom. The van der Waals surface area contributed by atoms with Crippen LogP contribution in [0, 0.1) is 12.7 Å². The first kappa shape index (κ1) is 18.9. The van der Waals surface area contributed by atoms with Crippen molar-refractivity contribution in [2.24, 2.45) is 20.5 Å². The molecule has 5 nitrogen and oxygen atoms in total. The van der Waals surface area contributed by atoms with Crippen LogP contribution in [-0.4, -0.2) is 13.1 Å². The first-order chi connectivity index (χ1) is 14.2. The second-order valence-corrected chi connectivity index (χ2v) is 7.06. The number of anilines is 1. The van der Waals surface area contributed by atoms with E-state index in [9.17, 15) is 4.39 Å². The summed E-state index contributed by atoms with van der Waals surface area (Å²) in [6.45, 7) is 4.22. The van der Waals surface area contributed by atoms with E-state index in [4.69, 9.17) is 0 Å². The Kier molecular flexibility index (Phi) is 5.70. The number of benzene rings is 3. The molecule has 1 fully saturated rings. The second kappa shape index (κ2) is 8.73. The van der Waals surface area contributed by atoms with Crippen LogP contribution in [0.5, 0.6) is 0 Å². The molecule has 0 radical (unpaired) electrons. The Morgan fingerprint density at radius 1 is 0.690 bits per heavy atom. The van der Waals surface area contributed by atoms with Crippen LogP contribution in [0.1, 0.15) is 18.4 Å². The van der Waals surface area contributed by atoms with E-state index in [0.29, 0.717) is 11.4 Å². The van der Waals surface area contributed by atoms with Gasteiger partial charge in [0.25, 0.3) is 0 Å². The summed E-state index contributed by atoms with van der Waals surface area (Å²) >= 11 is 0. The molecular weight excluding hydrogens is 365 g/mol. The van der Waals surface area contributed by atoms with Crippen molar-refractivity contribution in [3.05, 3.63) is 78.1 Å². The molecule has 0 atom stereocenters. The molecule has 146 valence electrons. The Bertz CT molecular complexity index is 1020. The number of hydrogen-bond donors (Lipinski definition) is 0. The standard InChI is InChI=1S/C23H22FN5/c1-17-16-21(27-25-19-6-4-18(24)5-7-19)10-13-23(17)28-26-20-8-11-22(12-9-20)29-14-2-3-15-29/h4-13,16H,2-3,14-15H2,1H3/b27-25+,28-26+. The molecule has 0 aromatic heterocycles. The van der Waals surface area contributed by atoms with Crippen molar-refractivity contribution in [1.82, 2.24) is 0 Å². The largest absolute Gasteiger partial charge is 0.372 e. The number of hydrogen-bond acceptors (Lipinski definition) is 5. The van der Waals surface area contributed by atoms with Crippen molar-refractivity contribution in [2.75, 3.05) is 18.0 Å². The van der Waals surface area contributed by atoms with E-state index < -0.39 is 0 Å². The van der Waals surface area contributed by atoms with Gasteiger partial charge in [0.15, 0.2) is 0 Å². The molecular formula is C23H22FN5. The van der Waals surface area contributed by atoms with Crippen LogP contribution < -0.4 is 4.90 Å². The van der Waals surface area contributed by atoms with E-state index in [1.165, 1.54) is 30.7 Å². The quantitative estimate of drug-likeness (QED) is 0.417. The van der Waals surface area contributed by atoms with E-state index in [1.807, 2.05) is 37.3 Å². The third-order valence-electron chi connectivity index (χ3n) is 4.88. The normalized spacial score (nSPS) is 14.3. The van der Waals surface area contributed by atoms with E-state index in [2.05, 4.69) is 37.5 Å². The van der Waals surface area contributed by atoms with Gasteiger partial charge in [-0.2, -0.15) is 20.5 Å². The maximum absolute atomic E-state index is 12.9. The predicted octanol–water partition coefficient (Wildman–Crippen LogP) is 7.57. The first-order valence-corrected chi connectivity index (χ1v) is 9.72. The van der Waals surface area contributed by atoms with E-state index in [1.54, 1.807) is 12.1 Å². The molecule has 4 rings (SSSR count). The predicted molar refractivity (Wildman–Crippen MR) is 114 cm³/mol. The Hall–Kier alpha value is -3.41. The molecule has 1 aliphatic heterocycles. The molecule has 1 aliphatic rings. The molecule has 0 saturated carbocycles. The van der Waals surface area contributed by atoms with Gasteiger partial charge in [0.2, 0.25) is 0 Å². The molecule has 0 aliphatic carbocycles. The van der Waals surface area contributed by atoms with Gasteiger partial charge in [-0.25, -0.2) is 4.39 Å². The summed E-state index contributed by atoms with van der Waals surface area (Å²) in [5, 5.41) is 17.0. The lowest BCUT2D eigenvalue weighted by Gasteiger charge is -2.17. The van der Waals surface area contributed by atoms with E-state index in [0.717, 1.165) is 30.0 Å². The summed E-state index contributed by atoms with van der Waals surface area (Å²) < 4.78 is 12.9. The van der Waals surface area contributed by atoms with Gasteiger partial charge < -0.3 is 4.90 Å². The van der Waals surface area contributed by atoms with Crippen molar-refractivity contribution in [3.8, 4) is 0 Å². The van der Waals surface area contributed by atoms with Crippen molar-refractivity contribution in [2.45, 2.75) is 19.8 Å². The zero-order chi connectivity index (χ0) is 20.1. The van der Waals surface area contributed by atoms with Crippen LogP contribution in [0.2, 0.25) is 0 Å². The molecule has 0 unspecified atom stereocenters. The molecule has 6 heteroatoms. The molecule has 1 heterocycles. The monoisotopic (exact) mass is 387 g/mol. The summed E-state index contributed by atoms with van der Waals surface area (Å²) in [6, 6.07) is 19.7. The van der Waals surface area contributed by atoms with Gasteiger partial charge in [-0.3, -0.25) is 0 Å². The molecule has 0 bridgehead atoms. The van der Waals surface area contributed by atoms with Crippen LogP contribution >= 0.6 is 0 Å². The highest BCUT2D eigenvalue weighted by molar-refractivity contribution is 5.55. The topological polar surface area (TPSA) is 52.7 Å². The van der Waals surface area contributed by atoms with Crippen molar-refractivity contribution >= 4 is 28.4 Å². The minimum Gasteiger partial charge on any atom is -0.372 e. The Balaban J connectivity index is 1.43. The number of rotatable bonds is 5. The van der Waals surface area contributed by atoms with Crippen LogP contribution in [0.15, 0.2) is 87.2 Å². The number of nitrogens with zero attached hydrogens (tertiary/aromatic N) is 5. The summed E-state index contributed by atoms with van der Waals surface area (Å²) in [7, 11) is 0. The van der Waals surface area contributed by atoms with Gasteiger partial charge >= 0.3 is 0 Å². The highest BCUT2D eigenvalue weighted by atomic mass is 19.1. The average Bonchev–Trinajstić information content (AvgIpc) is 3.28. The minimum absolute atomic E-state index is 0.291. The fourth-order valence-electron chi connectivity index (χ4n) is 3.25. The zero-order valence-electron chi connectivity index (χ0n) is 16.3. The first-order valence-electron chi connectivity index (χ1n) is 9.72. The van der Waals surface area contributed by atoms with Crippen LogP contribution in [0.4, 0.5) is 32.8 Å². The van der Waals surface area contributed by atoms with Crippen molar-refractivity contribution < 1.29 is 4.39 Å². The lowest BCUT2D eigenvalue weighted by Crippen LogP contribution is -2.17. The van der Waals surface area contributed by atoms with Crippen LogP contribution in [-0.2, 0) is 0 Å². The molecule has 0 amide bonds. The molecule has 0 spiro atoms. The Morgan fingerprint density at radius 2 is 1.24 bits per heavy atom. The maximum Gasteiger partial charge on any atom is 0.123 e. The fraction of sp³-hybridized carbons (Fsp3) is 0.217. The van der Waals surface area contributed by atoms with Crippen molar-refractivity contribution in [1.29, 1.82) is 0 Å². The van der Waals surface area contributed by atoms with Crippen LogP contribution in [0.3, 0.4) is 0 Å². The minimum atomic E-state index is -0.291. The molecule has 0 N–H and O–H groups in total. The highest BCUT2D eigenvalue weighted by Gasteiger charge is 2.11. The fourth-order valence-corrected chi connectivity index (χ4v) is 3.25. The van der Waals surface area contributed by atoms with Crippen molar-refractivity contribution in [3.63, 3.8) is 0 Å². The lowest BCUT2D eigenvalue weighted by molar-refractivity contribution is 0.628. The highest BCUT2D eigenvalue weighted by Crippen LogP contribution is 2.28. The van der Waals surface area contributed by atoms with Gasteiger partial charge in [0.1, 0.15) is 5.82 Å². The maximum atomic E-state index is 12.9. The Labute approximate surface area is 169 Å². The van der Waals surface area contributed by atoms with Gasteiger partial charge in [-0.05, 0) is 92.1 Å². The lowest BCUT2D eigenvalue weighted by atomic mass is 10.2. The van der Waals surface area contributed by atoms with Crippen LogP contribution in [0.25, 0.3) is 0 Å². The molecule has 29 heavy (non-hydrogen) atoms. The summed E-state index contributed by atoms with van der Waals surface area (Å²) in [5.74, 6) is -0.291. The van der Waals surface area contributed by atoms with Gasteiger partial charge in [0, 0.05) is 18.8 Å². The van der Waals surface area contributed by atoms with Gasteiger partial charge in [-0.15, -0.1) is 0 Å². The summed E-state index contributed by atoms with van der Waals surface area (Å²) in [6.07, 6.45) is 2.53. The number of halogens is 1. The molecule has 3 aromatic carbocycles. The average molecular weight is 387 g/mol. The van der Waals surface area contributed by atoms with E-state index in [-0.39, 0.29) is 5.82 Å². The third-order valence-corrected chi connectivity index (χ3v) is 4.88. The summed E-state index contributed by atoms with van der Waals surface area (Å²) in [4.78, 5) is 2.39. The van der Waals surface area contributed by atoms with Gasteiger partial charge in [-0.1, -0.05) is 0 Å². The second-order valence-electron chi connectivity index (χ2n) is 7.06. The summed E-state index contributed by atoms with van der Waals surface area (Å²) in [5.41, 5.74) is 5.12. The molecule has 1 saturated heterocycles. The SMILES string of the molecule is Cc1cc(/N=N/c2ccc(F)cc2)ccc1/N=N/c1ccc(N2CCCC2)cc1. The zero-order valence-corrected chi connectivity index (χ0v) is 16.3. The van der Waals surface area contributed by atoms with E-state index >= 15 is 0 Å². The van der Waals surface area contributed by atoms with Gasteiger partial charge in [0.05, 0.1) is 22.7 Å². The number of azo groups is 2. The number of aryl methyl sites for hydroxylation is 1. The third kappa shape index (κ3) is 4.90. The molecule has 3 aromatic rings.